The second kappa shape index (κ2) is 6.57. The molecule has 0 bridgehead atoms. The van der Waals surface area contributed by atoms with Gasteiger partial charge in [-0.1, -0.05) is 26.3 Å². The van der Waals surface area contributed by atoms with E-state index >= 15 is 0 Å². The highest BCUT2D eigenvalue weighted by atomic mass is 19.1. The second-order valence-corrected chi connectivity index (χ2v) is 6.36. The van der Waals surface area contributed by atoms with E-state index in [9.17, 15) is 4.39 Å². The van der Waals surface area contributed by atoms with E-state index in [0.29, 0.717) is 5.75 Å². The first-order valence-electron chi connectivity index (χ1n) is 7.62. The summed E-state index contributed by atoms with van der Waals surface area (Å²) in [7, 11) is 1.50. The number of rotatable bonds is 8. The third-order valence-electron chi connectivity index (χ3n) is 4.10. The number of methoxy groups -OCH3 is 1. The van der Waals surface area contributed by atoms with E-state index in [1.165, 1.54) is 20.0 Å². The van der Waals surface area contributed by atoms with E-state index in [1.54, 1.807) is 12.1 Å². The van der Waals surface area contributed by atoms with Gasteiger partial charge in [-0.2, -0.15) is 0 Å². The lowest BCUT2D eigenvalue weighted by molar-refractivity contribution is 0.273. The molecule has 1 aromatic rings. The van der Waals surface area contributed by atoms with Crippen LogP contribution in [-0.2, 0) is 6.42 Å². The third kappa shape index (κ3) is 4.20. The molecule has 1 aliphatic carbocycles. The number of hydrogen-bond donors (Lipinski definition) is 1. The van der Waals surface area contributed by atoms with Crippen LogP contribution in [0.2, 0.25) is 0 Å². The summed E-state index contributed by atoms with van der Waals surface area (Å²) in [5.41, 5.74) is 1.25. The van der Waals surface area contributed by atoms with Gasteiger partial charge in [-0.15, -0.1) is 0 Å². The number of halogens is 1. The maximum atomic E-state index is 13.8. The van der Waals surface area contributed by atoms with E-state index in [4.69, 9.17) is 4.74 Å². The van der Waals surface area contributed by atoms with Gasteiger partial charge in [0.05, 0.1) is 7.11 Å². The van der Waals surface area contributed by atoms with Crippen molar-refractivity contribution < 1.29 is 9.13 Å². The highest BCUT2D eigenvalue weighted by molar-refractivity contribution is 5.30. The van der Waals surface area contributed by atoms with Crippen LogP contribution in [0.4, 0.5) is 4.39 Å². The van der Waals surface area contributed by atoms with Crippen molar-refractivity contribution in [2.24, 2.45) is 5.41 Å². The standard InChI is InChI=1S/C17H26FNO/c1-4-9-17(2,12-19-14-6-7-14)11-13-5-8-16(20-3)15(18)10-13/h5,8,10,14,19H,4,6-7,9,11-12H2,1-3H3. The highest BCUT2D eigenvalue weighted by Crippen LogP contribution is 2.31. The molecular weight excluding hydrogens is 253 g/mol. The van der Waals surface area contributed by atoms with Crippen molar-refractivity contribution in [2.75, 3.05) is 13.7 Å². The Labute approximate surface area is 121 Å². The molecule has 1 saturated carbocycles. The molecule has 0 saturated heterocycles. The first-order valence-corrected chi connectivity index (χ1v) is 7.62. The van der Waals surface area contributed by atoms with Crippen LogP contribution in [0.5, 0.6) is 5.75 Å². The maximum absolute atomic E-state index is 13.8. The van der Waals surface area contributed by atoms with E-state index in [2.05, 4.69) is 19.2 Å². The summed E-state index contributed by atoms with van der Waals surface area (Å²) in [6, 6.07) is 6.04. The Morgan fingerprint density at radius 1 is 1.40 bits per heavy atom. The van der Waals surface area contributed by atoms with E-state index in [0.717, 1.165) is 37.4 Å². The largest absolute Gasteiger partial charge is 0.494 e. The normalized spacial score (nSPS) is 17.8. The Hall–Kier alpha value is -1.09. The molecule has 1 fully saturated rings. The van der Waals surface area contributed by atoms with Crippen LogP contribution >= 0.6 is 0 Å². The zero-order chi connectivity index (χ0) is 14.6. The quantitative estimate of drug-likeness (QED) is 0.778. The lowest BCUT2D eigenvalue weighted by Crippen LogP contribution is -2.34. The lowest BCUT2D eigenvalue weighted by atomic mass is 9.79. The summed E-state index contributed by atoms with van der Waals surface area (Å²) in [4.78, 5) is 0. The maximum Gasteiger partial charge on any atom is 0.165 e. The van der Waals surface area contributed by atoms with Crippen LogP contribution < -0.4 is 10.1 Å². The summed E-state index contributed by atoms with van der Waals surface area (Å²) in [5.74, 6) is 0.0565. The molecule has 112 valence electrons. The van der Waals surface area contributed by atoms with Crippen LogP contribution in [0, 0.1) is 11.2 Å². The molecular formula is C17H26FNO. The Kier molecular flexibility index (Phi) is 5.03. The average molecular weight is 279 g/mol. The molecule has 1 aliphatic rings. The first-order chi connectivity index (χ1) is 9.56. The van der Waals surface area contributed by atoms with Crippen molar-refractivity contribution in [3.63, 3.8) is 0 Å². The predicted octanol–water partition coefficient (Wildman–Crippen LogP) is 3.94. The first kappa shape index (κ1) is 15.3. The topological polar surface area (TPSA) is 21.3 Å². The third-order valence-corrected chi connectivity index (χ3v) is 4.10. The van der Waals surface area contributed by atoms with Gasteiger partial charge in [0, 0.05) is 12.6 Å². The predicted molar refractivity (Wildman–Crippen MR) is 80.7 cm³/mol. The minimum Gasteiger partial charge on any atom is -0.494 e. The highest BCUT2D eigenvalue weighted by Gasteiger charge is 2.28. The Balaban J connectivity index is 2.03. The number of hydrogen-bond acceptors (Lipinski definition) is 2. The minimum absolute atomic E-state index is 0.193. The fraction of sp³-hybridized carbons (Fsp3) is 0.647. The van der Waals surface area contributed by atoms with Crippen LogP contribution in [0.3, 0.4) is 0 Å². The molecule has 0 radical (unpaired) electrons. The van der Waals surface area contributed by atoms with E-state index in [-0.39, 0.29) is 11.2 Å². The van der Waals surface area contributed by atoms with Crippen molar-refractivity contribution in [3.8, 4) is 5.75 Å². The van der Waals surface area contributed by atoms with Crippen LogP contribution in [-0.4, -0.2) is 19.7 Å². The molecule has 3 heteroatoms. The Bertz CT molecular complexity index is 445. The second-order valence-electron chi connectivity index (χ2n) is 6.36. The molecule has 1 aromatic carbocycles. The molecule has 2 nitrogen and oxygen atoms in total. The van der Waals surface area contributed by atoms with E-state index in [1.807, 2.05) is 6.07 Å². The molecule has 1 unspecified atom stereocenters. The average Bonchev–Trinajstić information content (AvgIpc) is 3.21. The molecule has 20 heavy (non-hydrogen) atoms. The summed E-state index contributed by atoms with van der Waals surface area (Å²) in [6.07, 6.45) is 5.82. The van der Waals surface area contributed by atoms with Gasteiger partial charge in [0.2, 0.25) is 0 Å². The fourth-order valence-electron chi connectivity index (χ4n) is 2.83. The molecule has 2 rings (SSSR count). The van der Waals surface area contributed by atoms with Gasteiger partial charge in [0.15, 0.2) is 11.6 Å². The minimum atomic E-state index is -0.265. The van der Waals surface area contributed by atoms with Crippen molar-refractivity contribution in [2.45, 2.75) is 52.0 Å². The number of nitrogens with one attached hydrogen (secondary N) is 1. The van der Waals surface area contributed by atoms with Crippen LogP contribution in [0.25, 0.3) is 0 Å². The van der Waals surface area contributed by atoms with Crippen molar-refractivity contribution in [1.29, 1.82) is 0 Å². The van der Waals surface area contributed by atoms with Crippen LogP contribution in [0.1, 0.15) is 45.1 Å². The molecule has 0 heterocycles. The number of ether oxygens (including phenoxy) is 1. The van der Waals surface area contributed by atoms with Gasteiger partial charge in [-0.25, -0.2) is 4.39 Å². The summed E-state index contributed by atoms with van der Waals surface area (Å²) in [5, 5.41) is 3.62. The van der Waals surface area contributed by atoms with Gasteiger partial charge in [0.1, 0.15) is 0 Å². The van der Waals surface area contributed by atoms with Gasteiger partial charge in [0.25, 0.3) is 0 Å². The molecule has 1 N–H and O–H groups in total. The zero-order valence-electron chi connectivity index (χ0n) is 12.8. The smallest absolute Gasteiger partial charge is 0.165 e. The molecule has 1 atom stereocenters. The van der Waals surface area contributed by atoms with Gasteiger partial charge < -0.3 is 10.1 Å². The summed E-state index contributed by atoms with van der Waals surface area (Å²) < 4.78 is 18.8. The summed E-state index contributed by atoms with van der Waals surface area (Å²) in [6.45, 7) is 5.52. The van der Waals surface area contributed by atoms with Gasteiger partial charge >= 0.3 is 0 Å². The van der Waals surface area contributed by atoms with E-state index < -0.39 is 0 Å². The summed E-state index contributed by atoms with van der Waals surface area (Å²) >= 11 is 0. The molecule has 0 amide bonds. The number of benzene rings is 1. The Morgan fingerprint density at radius 3 is 2.70 bits per heavy atom. The fourth-order valence-corrected chi connectivity index (χ4v) is 2.83. The SMILES string of the molecule is CCCC(C)(CNC1CC1)Cc1ccc(OC)c(F)c1. The zero-order valence-corrected chi connectivity index (χ0v) is 12.8. The van der Waals surface area contributed by atoms with Gasteiger partial charge in [-0.05, 0) is 48.8 Å². The lowest BCUT2D eigenvalue weighted by Gasteiger charge is -2.30. The van der Waals surface area contributed by atoms with Crippen LogP contribution in [0.15, 0.2) is 18.2 Å². The van der Waals surface area contributed by atoms with Crippen molar-refractivity contribution >= 4 is 0 Å². The van der Waals surface area contributed by atoms with Crippen molar-refractivity contribution in [1.82, 2.24) is 5.32 Å². The molecule has 0 aliphatic heterocycles. The molecule has 0 aromatic heterocycles. The Morgan fingerprint density at radius 2 is 2.15 bits per heavy atom. The molecule has 0 spiro atoms. The van der Waals surface area contributed by atoms with Gasteiger partial charge in [-0.3, -0.25) is 0 Å². The monoisotopic (exact) mass is 279 g/mol. The van der Waals surface area contributed by atoms with Crippen molar-refractivity contribution in [3.05, 3.63) is 29.6 Å².